The summed E-state index contributed by atoms with van der Waals surface area (Å²) >= 11 is 1.28. The van der Waals surface area contributed by atoms with E-state index < -0.39 is 0 Å². The molecule has 8 heteroatoms. The monoisotopic (exact) mass is 319 g/mol. The summed E-state index contributed by atoms with van der Waals surface area (Å²) in [5.74, 6) is 0.875. The van der Waals surface area contributed by atoms with Crippen molar-refractivity contribution in [2.75, 3.05) is 39.0 Å². The molecule has 1 aliphatic rings. The molecule has 7 nitrogen and oxygen atoms in total. The van der Waals surface area contributed by atoms with Crippen molar-refractivity contribution >= 4 is 17.7 Å². The van der Waals surface area contributed by atoms with Crippen LogP contribution in [0.15, 0.2) is 34.2 Å². The fraction of sp³-hybridized carbons (Fsp3) is 0.429. The van der Waals surface area contributed by atoms with Crippen LogP contribution in [0.2, 0.25) is 0 Å². The zero-order valence-corrected chi connectivity index (χ0v) is 13.1. The van der Waals surface area contributed by atoms with Gasteiger partial charge in [-0.1, -0.05) is 11.8 Å². The molecule has 0 spiro atoms. The lowest BCUT2D eigenvalue weighted by molar-refractivity contribution is -0.129. The van der Waals surface area contributed by atoms with Crippen molar-refractivity contribution in [3.05, 3.63) is 24.5 Å². The molecule has 2 aromatic rings. The van der Waals surface area contributed by atoms with Gasteiger partial charge in [0.1, 0.15) is 0 Å². The average molecular weight is 319 g/mol. The number of hydrogen-bond donors (Lipinski definition) is 0. The van der Waals surface area contributed by atoms with Gasteiger partial charge in [-0.3, -0.25) is 9.78 Å². The third-order valence-electron chi connectivity index (χ3n) is 3.51. The smallest absolute Gasteiger partial charge is 0.277 e. The molecule has 3 heterocycles. The largest absolute Gasteiger partial charge is 0.411 e. The summed E-state index contributed by atoms with van der Waals surface area (Å²) in [4.78, 5) is 20.2. The number of rotatable bonds is 4. The Morgan fingerprint density at radius 2 is 1.95 bits per heavy atom. The maximum Gasteiger partial charge on any atom is 0.277 e. The van der Waals surface area contributed by atoms with Crippen molar-refractivity contribution < 1.29 is 9.21 Å². The van der Waals surface area contributed by atoms with E-state index >= 15 is 0 Å². The fourth-order valence-electron chi connectivity index (χ4n) is 2.15. The van der Waals surface area contributed by atoms with E-state index in [2.05, 4.69) is 27.1 Å². The molecule has 1 saturated heterocycles. The van der Waals surface area contributed by atoms with Crippen LogP contribution in [0.1, 0.15) is 0 Å². The molecule has 1 aliphatic heterocycles. The Labute approximate surface area is 132 Å². The van der Waals surface area contributed by atoms with Gasteiger partial charge >= 0.3 is 0 Å². The summed E-state index contributed by atoms with van der Waals surface area (Å²) in [6.07, 6.45) is 3.34. The zero-order valence-electron chi connectivity index (χ0n) is 12.3. The molecule has 0 bridgehead atoms. The van der Waals surface area contributed by atoms with Crippen molar-refractivity contribution in [2.24, 2.45) is 0 Å². The van der Waals surface area contributed by atoms with Crippen LogP contribution < -0.4 is 0 Å². The second kappa shape index (κ2) is 6.89. The van der Waals surface area contributed by atoms with Crippen molar-refractivity contribution in [1.82, 2.24) is 25.0 Å². The summed E-state index contributed by atoms with van der Waals surface area (Å²) in [6.45, 7) is 3.40. The van der Waals surface area contributed by atoms with Gasteiger partial charge < -0.3 is 14.2 Å². The number of likely N-dealkylation sites (N-methyl/N-ethyl adjacent to an activating group) is 1. The van der Waals surface area contributed by atoms with Crippen LogP contribution in [0.3, 0.4) is 0 Å². The number of pyridine rings is 1. The molecule has 3 rings (SSSR count). The van der Waals surface area contributed by atoms with Gasteiger partial charge in [-0.25, -0.2) is 0 Å². The van der Waals surface area contributed by atoms with Crippen molar-refractivity contribution in [1.29, 1.82) is 0 Å². The third-order valence-corrected chi connectivity index (χ3v) is 4.31. The Kier molecular flexibility index (Phi) is 4.69. The highest BCUT2D eigenvalue weighted by molar-refractivity contribution is 7.99. The topological polar surface area (TPSA) is 75.4 Å². The molecule has 1 fully saturated rings. The van der Waals surface area contributed by atoms with Crippen LogP contribution in [-0.2, 0) is 4.79 Å². The number of amides is 1. The first-order valence-electron chi connectivity index (χ1n) is 7.05. The van der Waals surface area contributed by atoms with Gasteiger partial charge in [0.2, 0.25) is 11.8 Å². The summed E-state index contributed by atoms with van der Waals surface area (Å²) in [5, 5.41) is 8.37. The maximum atomic E-state index is 12.1. The Morgan fingerprint density at radius 1 is 1.23 bits per heavy atom. The highest BCUT2D eigenvalue weighted by Gasteiger charge is 2.20. The minimum atomic E-state index is 0.113. The van der Waals surface area contributed by atoms with Crippen LogP contribution in [0.25, 0.3) is 11.5 Å². The van der Waals surface area contributed by atoms with E-state index in [-0.39, 0.29) is 5.91 Å². The molecular weight excluding hydrogens is 302 g/mol. The predicted octanol–water partition coefficient (Wildman–Crippen LogP) is 0.998. The second-order valence-corrected chi connectivity index (χ2v) is 6.01. The molecule has 0 aromatic carbocycles. The second-order valence-electron chi connectivity index (χ2n) is 5.08. The molecule has 0 N–H and O–H groups in total. The Hall–Kier alpha value is -1.93. The maximum absolute atomic E-state index is 12.1. The van der Waals surface area contributed by atoms with Gasteiger partial charge in [-0.2, -0.15) is 0 Å². The summed E-state index contributed by atoms with van der Waals surface area (Å²) in [5.41, 5.74) is 0.819. The van der Waals surface area contributed by atoms with E-state index in [1.54, 1.807) is 24.5 Å². The number of aromatic nitrogens is 3. The number of thioether (sulfide) groups is 1. The molecular formula is C14H17N5O2S. The van der Waals surface area contributed by atoms with Gasteiger partial charge in [0.05, 0.1) is 5.75 Å². The van der Waals surface area contributed by atoms with Gasteiger partial charge in [-0.05, 0) is 19.2 Å². The molecule has 0 aliphatic carbocycles. The van der Waals surface area contributed by atoms with Crippen LogP contribution in [0.5, 0.6) is 0 Å². The SMILES string of the molecule is CN1CCN(C(=O)CSc2nnc(-c3ccncc3)o2)CC1. The van der Waals surface area contributed by atoms with Gasteiger partial charge in [-0.15, -0.1) is 10.2 Å². The Bertz CT molecular complexity index is 625. The van der Waals surface area contributed by atoms with E-state index in [0.717, 1.165) is 31.7 Å². The number of carbonyl (C=O) groups is 1. The highest BCUT2D eigenvalue weighted by atomic mass is 32.2. The quantitative estimate of drug-likeness (QED) is 0.778. The first-order chi connectivity index (χ1) is 10.7. The van der Waals surface area contributed by atoms with E-state index in [4.69, 9.17) is 4.42 Å². The van der Waals surface area contributed by atoms with E-state index in [0.29, 0.717) is 16.9 Å². The van der Waals surface area contributed by atoms with Gasteiger partial charge in [0, 0.05) is 44.1 Å². The first kappa shape index (κ1) is 15.0. The molecule has 116 valence electrons. The Balaban J connectivity index is 1.54. The lowest BCUT2D eigenvalue weighted by Crippen LogP contribution is -2.47. The van der Waals surface area contributed by atoms with E-state index in [1.165, 1.54) is 11.8 Å². The normalized spacial score (nSPS) is 16.0. The number of hydrogen-bond acceptors (Lipinski definition) is 7. The van der Waals surface area contributed by atoms with Crippen LogP contribution in [0.4, 0.5) is 0 Å². The molecule has 0 atom stereocenters. The van der Waals surface area contributed by atoms with E-state index in [9.17, 15) is 4.79 Å². The molecule has 22 heavy (non-hydrogen) atoms. The minimum absolute atomic E-state index is 0.113. The predicted molar refractivity (Wildman–Crippen MR) is 82.3 cm³/mol. The molecule has 0 unspecified atom stereocenters. The van der Waals surface area contributed by atoms with Crippen molar-refractivity contribution in [3.8, 4) is 11.5 Å². The molecule has 0 saturated carbocycles. The van der Waals surface area contributed by atoms with Crippen LogP contribution in [-0.4, -0.2) is 69.9 Å². The zero-order chi connectivity index (χ0) is 15.4. The third kappa shape index (κ3) is 3.63. The first-order valence-corrected chi connectivity index (χ1v) is 8.04. The molecule has 0 radical (unpaired) electrons. The van der Waals surface area contributed by atoms with E-state index in [1.807, 2.05) is 4.90 Å². The Morgan fingerprint density at radius 3 is 2.68 bits per heavy atom. The minimum Gasteiger partial charge on any atom is -0.411 e. The van der Waals surface area contributed by atoms with Gasteiger partial charge in [0.25, 0.3) is 5.22 Å². The highest BCUT2D eigenvalue weighted by Crippen LogP contribution is 2.22. The van der Waals surface area contributed by atoms with Crippen LogP contribution in [0, 0.1) is 0 Å². The lowest BCUT2D eigenvalue weighted by Gasteiger charge is -2.32. The summed E-state index contributed by atoms with van der Waals surface area (Å²) < 4.78 is 5.56. The molecule has 2 aromatic heterocycles. The van der Waals surface area contributed by atoms with Crippen molar-refractivity contribution in [2.45, 2.75) is 5.22 Å². The lowest BCUT2D eigenvalue weighted by atomic mass is 10.3. The van der Waals surface area contributed by atoms with Gasteiger partial charge in [0.15, 0.2) is 0 Å². The van der Waals surface area contributed by atoms with Crippen molar-refractivity contribution in [3.63, 3.8) is 0 Å². The fourth-order valence-corrected chi connectivity index (χ4v) is 2.82. The average Bonchev–Trinajstić information content (AvgIpc) is 3.03. The number of piperazine rings is 1. The standard InChI is InChI=1S/C14H17N5O2S/c1-18-6-8-19(9-7-18)12(20)10-22-14-17-16-13(21-14)11-2-4-15-5-3-11/h2-5H,6-10H2,1H3. The van der Waals surface area contributed by atoms with Crippen LogP contribution >= 0.6 is 11.8 Å². The molecule has 1 amide bonds. The summed E-state index contributed by atoms with van der Waals surface area (Å²) in [7, 11) is 2.07. The number of carbonyl (C=O) groups excluding carboxylic acids is 1. The number of nitrogens with zero attached hydrogens (tertiary/aromatic N) is 5. The summed E-state index contributed by atoms with van der Waals surface area (Å²) in [6, 6.07) is 3.61.